The number of ether oxygens (including phenoxy) is 3. The number of pyridine rings is 1. The van der Waals surface area contributed by atoms with Crippen molar-refractivity contribution in [2.75, 3.05) is 13.2 Å². The molecular formula is C11H14BrNO3. The van der Waals surface area contributed by atoms with Crippen molar-refractivity contribution in [1.29, 1.82) is 0 Å². The fourth-order valence-corrected chi connectivity index (χ4v) is 2.46. The molecule has 1 atom stereocenters. The van der Waals surface area contributed by atoms with Gasteiger partial charge in [-0.1, -0.05) is 0 Å². The Balaban J connectivity index is 2.43. The largest absolute Gasteiger partial charge is 0.471 e. The third-order valence-corrected chi connectivity index (χ3v) is 3.14. The number of nitrogens with zero attached hydrogens (tertiary/aromatic N) is 1. The van der Waals surface area contributed by atoms with Gasteiger partial charge in [0, 0.05) is 19.4 Å². The topological polar surface area (TPSA) is 40.6 Å². The lowest BCUT2D eigenvalue weighted by atomic mass is 10.2. The van der Waals surface area contributed by atoms with Crippen LogP contribution in [0.4, 0.5) is 0 Å². The van der Waals surface area contributed by atoms with Gasteiger partial charge in [-0.2, -0.15) is 0 Å². The van der Waals surface area contributed by atoms with Crippen LogP contribution < -0.4 is 4.74 Å². The number of hydrogen-bond donors (Lipinski definition) is 0. The van der Waals surface area contributed by atoms with E-state index in [-0.39, 0.29) is 5.01 Å². The molecule has 5 heteroatoms. The van der Waals surface area contributed by atoms with Crippen LogP contribution in [0.1, 0.15) is 19.5 Å². The number of fused-ring (bicyclic) bond motifs is 1. The van der Waals surface area contributed by atoms with Crippen molar-refractivity contribution in [2.45, 2.75) is 24.6 Å². The van der Waals surface area contributed by atoms with Gasteiger partial charge < -0.3 is 14.2 Å². The third kappa shape index (κ3) is 1.73. The minimum Gasteiger partial charge on any atom is -0.471 e. The lowest BCUT2D eigenvalue weighted by Crippen LogP contribution is -2.40. The van der Waals surface area contributed by atoms with Crippen molar-refractivity contribution in [3.8, 4) is 5.75 Å². The van der Waals surface area contributed by atoms with Gasteiger partial charge in [0.2, 0.25) is 5.01 Å². The average molecular weight is 288 g/mol. The molecule has 0 radical (unpaired) electrons. The molecule has 0 fully saturated rings. The van der Waals surface area contributed by atoms with Crippen LogP contribution in [0.15, 0.2) is 18.3 Å². The normalized spacial score (nSPS) is 21.6. The molecule has 88 valence electrons. The lowest BCUT2D eigenvalue weighted by Gasteiger charge is -2.29. The second-order valence-electron chi connectivity index (χ2n) is 3.32. The molecule has 1 aromatic rings. The molecular weight excluding hydrogens is 274 g/mol. The molecule has 0 aliphatic carbocycles. The van der Waals surface area contributed by atoms with Crippen molar-refractivity contribution >= 4 is 15.9 Å². The molecule has 1 unspecified atom stereocenters. The van der Waals surface area contributed by atoms with Crippen molar-refractivity contribution in [3.05, 3.63) is 24.0 Å². The Hall–Kier alpha value is -0.650. The monoisotopic (exact) mass is 287 g/mol. The Morgan fingerprint density at radius 3 is 2.75 bits per heavy atom. The summed E-state index contributed by atoms with van der Waals surface area (Å²) in [5, 5.41) is -0.371. The molecule has 0 N–H and O–H groups in total. The maximum absolute atomic E-state index is 5.71. The van der Waals surface area contributed by atoms with Gasteiger partial charge in [0.1, 0.15) is 11.4 Å². The van der Waals surface area contributed by atoms with Gasteiger partial charge in [0.15, 0.2) is 0 Å². The molecule has 0 amide bonds. The quantitative estimate of drug-likeness (QED) is 0.630. The van der Waals surface area contributed by atoms with Gasteiger partial charge in [-0.05, 0) is 41.9 Å². The molecule has 16 heavy (non-hydrogen) atoms. The van der Waals surface area contributed by atoms with E-state index in [9.17, 15) is 0 Å². The summed E-state index contributed by atoms with van der Waals surface area (Å²) in [6.07, 6.45) is 1.71. The predicted molar refractivity (Wildman–Crippen MR) is 62.5 cm³/mol. The van der Waals surface area contributed by atoms with E-state index in [4.69, 9.17) is 14.2 Å². The molecule has 1 aliphatic rings. The van der Waals surface area contributed by atoms with E-state index in [0.29, 0.717) is 24.7 Å². The Labute approximate surface area is 103 Å². The Morgan fingerprint density at radius 2 is 2.12 bits per heavy atom. The summed E-state index contributed by atoms with van der Waals surface area (Å²) in [4.78, 5) is 4.30. The van der Waals surface area contributed by atoms with E-state index in [1.54, 1.807) is 6.20 Å². The minimum atomic E-state index is -0.930. The zero-order valence-corrected chi connectivity index (χ0v) is 10.9. The van der Waals surface area contributed by atoms with Gasteiger partial charge >= 0.3 is 0 Å². The summed E-state index contributed by atoms with van der Waals surface area (Å²) >= 11 is 3.43. The smallest absolute Gasteiger partial charge is 0.265 e. The predicted octanol–water partition coefficient (Wildman–Crippen LogP) is 2.42. The van der Waals surface area contributed by atoms with Gasteiger partial charge in [-0.3, -0.25) is 4.98 Å². The summed E-state index contributed by atoms with van der Waals surface area (Å²) in [5.74, 6) is -0.230. The van der Waals surface area contributed by atoms with Crippen molar-refractivity contribution < 1.29 is 14.2 Å². The SMILES string of the molecule is CCOC1(OCC)c2ncccc2OC1Br. The highest BCUT2D eigenvalue weighted by molar-refractivity contribution is 9.09. The standard InChI is InChI=1S/C11H14BrNO3/c1-3-14-11(15-4-2)9-8(16-10(11)12)6-5-7-13-9/h5-7,10H,3-4H2,1-2H3. The molecule has 2 heterocycles. The number of aromatic nitrogens is 1. The van der Waals surface area contributed by atoms with Crippen LogP contribution in [0.25, 0.3) is 0 Å². The highest BCUT2D eigenvalue weighted by atomic mass is 79.9. The van der Waals surface area contributed by atoms with Crippen molar-refractivity contribution in [2.24, 2.45) is 0 Å². The molecule has 0 saturated carbocycles. The first kappa shape index (κ1) is 11.8. The van der Waals surface area contributed by atoms with Crippen LogP contribution in [-0.4, -0.2) is 23.2 Å². The summed E-state index contributed by atoms with van der Waals surface area (Å²) in [6.45, 7) is 4.89. The van der Waals surface area contributed by atoms with Crippen molar-refractivity contribution in [1.82, 2.24) is 4.98 Å². The fourth-order valence-electron chi connectivity index (χ4n) is 1.78. The summed E-state index contributed by atoms with van der Waals surface area (Å²) in [6, 6.07) is 3.68. The summed E-state index contributed by atoms with van der Waals surface area (Å²) in [7, 11) is 0. The molecule has 0 saturated heterocycles. The van der Waals surface area contributed by atoms with Gasteiger partial charge in [-0.15, -0.1) is 0 Å². The number of rotatable bonds is 4. The fraction of sp³-hybridized carbons (Fsp3) is 0.545. The van der Waals surface area contributed by atoms with Gasteiger partial charge in [0.05, 0.1) is 0 Å². The molecule has 0 bridgehead atoms. The lowest BCUT2D eigenvalue weighted by molar-refractivity contribution is -0.253. The third-order valence-electron chi connectivity index (χ3n) is 2.35. The maximum atomic E-state index is 5.71. The van der Waals surface area contributed by atoms with Crippen molar-refractivity contribution in [3.63, 3.8) is 0 Å². The van der Waals surface area contributed by atoms with Crippen LogP contribution in [0.3, 0.4) is 0 Å². The van der Waals surface area contributed by atoms with E-state index in [0.717, 1.165) is 0 Å². The van der Waals surface area contributed by atoms with Crippen LogP contribution in [0.2, 0.25) is 0 Å². The highest BCUT2D eigenvalue weighted by Crippen LogP contribution is 2.45. The van der Waals surface area contributed by atoms with Crippen LogP contribution in [-0.2, 0) is 15.3 Å². The number of hydrogen-bond acceptors (Lipinski definition) is 4. The van der Waals surface area contributed by atoms with Gasteiger partial charge in [0.25, 0.3) is 5.79 Å². The zero-order chi connectivity index (χ0) is 11.6. The summed E-state index contributed by atoms with van der Waals surface area (Å²) in [5.41, 5.74) is 0.695. The van der Waals surface area contributed by atoms with E-state index in [1.165, 1.54) is 0 Å². The minimum absolute atomic E-state index is 0.371. The first-order chi connectivity index (χ1) is 7.74. The molecule has 0 aromatic carbocycles. The summed E-state index contributed by atoms with van der Waals surface area (Å²) < 4.78 is 17.1. The van der Waals surface area contributed by atoms with Gasteiger partial charge in [-0.25, -0.2) is 0 Å². The Morgan fingerprint density at radius 1 is 1.44 bits per heavy atom. The van der Waals surface area contributed by atoms with Crippen LogP contribution in [0.5, 0.6) is 5.75 Å². The van der Waals surface area contributed by atoms with E-state index in [2.05, 4.69) is 20.9 Å². The first-order valence-corrected chi connectivity index (χ1v) is 6.20. The molecule has 2 rings (SSSR count). The first-order valence-electron chi connectivity index (χ1n) is 5.28. The Bertz CT molecular complexity index is 366. The van der Waals surface area contributed by atoms with Crippen LogP contribution in [0, 0.1) is 0 Å². The van der Waals surface area contributed by atoms with E-state index >= 15 is 0 Å². The molecule has 1 aliphatic heterocycles. The molecule has 4 nitrogen and oxygen atoms in total. The maximum Gasteiger partial charge on any atom is 0.265 e. The second-order valence-corrected chi connectivity index (χ2v) is 4.15. The number of alkyl halides is 1. The average Bonchev–Trinajstić information content (AvgIpc) is 2.54. The highest BCUT2D eigenvalue weighted by Gasteiger charge is 2.51. The zero-order valence-electron chi connectivity index (χ0n) is 9.27. The van der Waals surface area contributed by atoms with E-state index < -0.39 is 5.79 Å². The number of halogens is 1. The molecule has 0 spiro atoms. The second kappa shape index (κ2) is 4.69. The van der Waals surface area contributed by atoms with Crippen LogP contribution >= 0.6 is 15.9 Å². The Kier molecular flexibility index (Phi) is 3.47. The van der Waals surface area contributed by atoms with E-state index in [1.807, 2.05) is 26.0 Å². The molecule has 1 aromatic heterocycles.